The van der Waals surface area contributed by atoms with Crippen LogP contribution in [-0.4, -0.2) is 53.4 Å². The van der Waals surface area contributed by atoms with Crippen LogP contribution in [0.15, 0.2) is 92.8 Å². The molecule has 3 aromatic rings. The van der Waals surface area contributed by atoms with Crippen molar-refractivity contribution >= 4 is 43.4 Å². The van der Waals surface area contributed by atoms with Crippen LogP contribution in [0.5, 0.6) is 0 Å². The molecule has 0 saturated heterocycles. The summed E-state index contributed by atoms with van der Waals surface area (Å²) in [6.45, 7) is 8.41. The molecule has 0 atom stereocenters. The van der Waals surface area contributed by atoms with Gasteiger partial charge in [-0.2, -0.15) is 36.7 Å². The first-order chi connectivity index (χ1) is 24.8. The largest absolute Gasteiger partial charge is 0.466 e. The van der Waals surface area contributed by atoms with E-state index in [0.29, 0.717) is 48.6 Å². The van der Waals surface area contributed by atoms with E-state index in [-0.39, 0.29) is 47.4 Å². The summed E-state index contributed by atoms with van der Waals surface area (Å²) in [5.41, 5.74) is 3.75. The van der Waals surface area contributed by atoms with Gasteiger partial charge in [0.05, 0.1) is 34.4 Å². The van der Waals surface area contributed by atoms with Crippen molar-refractivity contribution in [2.24, 2.45) is 10.2 Å². The summed E-state index contributed by atoms with van der Waals surface area (Å²) < 4.78 is 62.7. The molecule has 0 aliphatic rings. The highest BCUT2D eigenvalue weighted by Crippen LogP contribution is 2.17. The third-order valence-corrected chi connectivity index (χ3v) is 10.4. The van der Waals surface area contributed by atoms with E-state index in [1.54, 1.807) is 48.5 Å². The van der Waals surface area contributed by atoms with E-state index in [1.165, 1.54) is 24.3 Å². The molecule has 0 amide bonds. The number of nitrogens with one attached hydrogen (secondary N) is 2. The maximum Gasteiger partial charge on any atom is 0.305 e. The van der Waals surface area contributed by atoms with Crippen LogP contribution in [0.25, 0.3) is 0 Å². The summed E-state index contributed by atoms with van der Waals surface area (Å²) in [5.74, 6) is -0.682. The van der Waals surface area contributed by atoms with Gasteiger partial charge in [0.2, 0.25) is 0 Å². The van der Waals surface area contributed by atoms with Crippen molar-refractivity contribution < 1.29 is 35.9 Å². The monoisotopic (exact) mass is 754 g/mol. The fourth-order valence-electron chi connectivity index (χ4n) is 4.76. The number of benzene rings is 3. The van der Waals surface area contributed by atoms with Crippen LogP contribution in [0.1, 0.15) is 100 Å². The summed E-state index contributed by atoms with van der Waals surface area (Å²) >= 11 is 0. The van der Waals surface area contributed by atoms with Gasteiger partial charge in [0.15, 0.2) is 0 Å². The highest BCUT2D eigenvalue weighted by Gasteiger charge is 2.17. The van der Waals surface area contributed by atoms with Crippen LogP contribution in [0.4, 0.5) is 0 Å². The molecule has 12 nitrogen and oxygen atoms in total. The van der Waals surface area contributed by atoms with Crippen LogP contribution in [-0.2, 0) is 39.1 Å². The predicted octanol–water partition coefficient (Wildman–Crippen LogP) is 6.70. The normalized spacial score (nSPS) is 12.3. The molecule has 0 radical (unpaired) electrons. The van der Waals surface area contributed by atoms with Crippen molar-refractivity contribution in [1.82, 2.24) is 9.66 Å². The molecule has 3 rings (SSSR count). The molecule has 52 heavy (non-hydrogen) atoms. The van der Waals surface area contributed by atoms with Gasteiger partial charge in [-0.15, -0.1) is 0 Å². The number of hydrazone groups is 2. The van der Waals surface area contributed by atoms with Gasteiger partial charge in [-0.05, 0) is 87.8 Å². The van der Waals surface area contributed by atoms with E-state index in [2.05, 4.69) is 19.9 Å². The van der Waals surface area contributed by atoms with Crippen molar-refractivity contribution in [1.29, 1.82) is 0 Å². The van der Waals surface area contributed by atoms with Crippen LogP contribution in [0.3, 0.4) is 0 Å². The Balaban J connectivity index is 1.88. The minimum Gasteiger partial charge on any atom is -0.466 e. The van der Waals surface area contributed by atoms with Crippen LogP contribution >= 0.6 is 0 Å². The Morgan fingerprint density at radius 2 is 0.885 bits per heavy atom. The molecule has 0 fully saturated rings. The van der Waals surface area contributed by atoms with Gasteiger partial charge in [0, 0.05) is 12.8 Å². The third kappa shape index (κ3) is 14.2. The molecule has 0 aliphatic heterocycles. The SMILES string of the molecule is CCCCOC(=O)CCC/C(=N\NS(=O)(=O)c1ccc(C)cc1)c1ccc(/C(CCCC(=O)OCCCC)=N/NS(=O)(=O)c2ccc(C)cc2)cc1. The van der Waals surface area contributed by atoms with E-state index in [1.807, 2.05) is 27.7 Å². The Kier molecular flexibility index (Phi) is 17.0. The Hall–Kier alpha value is -4.56. The van der Waals surface area contributed by atoms with E-state index >= 15 is 0 Å². The molecule has 0 spiro atoms. The predicted molar refractivity (Wildman–Crippen MR) is 202 cm³/mol. The van der Waals surface area contributed by atoms with Crippen LogP contribution < -0.4 is 9.66 Å². The number of carbonyl (C=O) groups is 2. The van der Waals surface area contributed by atoms with Gasteiger partial charge in [-0.1, -0.05) is 86.3 Å². The number of sulfonamides is 2. The second-order valence-electron chi connectivity index (χ2n) is 12.4. The highest BCUT2D eigenvalue weighted by atomic mass is 32.2. The second-order valence-corrected chi connectivity index (χ2v) is 15.7. The zero-order valence-electron chi connectivity index (χ0n) is 30.4. The zero-order chi connectivity index (χ0) is 38.0. The quantitative estimate of drug-likeness (QED) is 0.0495. The summed E-state index contributed by atoms with van der Waals surface area (Å²) in [6, 6.07) is 19.6. The fourth-order valence-corrected chi connectivity index (χ4v) is 6.42. The van der Waals surface area contributed by atoms with Gasteiger partial charge in [-0.25, -0.2) is 0 Å². The lowest BCUT2D eigenvalue weighted by Crippen LogP contribution is -2.21. The van der Waals surface area contributed by atoms with Crippen molar-refractivity contribution in [3.05, 3.63) is 95.1 Å². The lowest BCUT2D eigenvalue weighted by atomic mass is 9.99. The molecule has 0 saturated carbocycles. The van der Waals surface area contributed by atoms with Crippen molar-refractivity contribution in [3.8, 4) is 0 Å². The maximum absolute atomic E-state index is 13.0. The number of hydrogen-bond donors (Lipinski definition) is 2. The first kappa shape index (κ1) is 41.9. The van der Waals surface area contributed by atoms with Gasteiger partial charge in [0.1, 0.15) is 0 Å². The van der Waals surface area contributed by atoms with Gasteiger partial charge in [0.25, 0.3) is 20.0 Å². The minimum atomic E-state index is -3.98. The molecule has 3 aromatic carbocycles. The highest BCUT2D eigenvalue weighted by molar-refractivity contribution is 7.89. The lowest BCUT2D eigenvalue weighted by molar-refractivity contribution is -0.144. The zero-order valence-corrected chi connectivity index (χ0v) is 32.0. The molecule has 0 aromatic heterocycles. The number of ether oxygens (including phenoxy) is 2. The number of carbonyl (C=O) groups excluding carboxylic acids is 2. The van der Waals surface area contributed by atoms with Crippen molar-refractivity contribution in [3.63, 3.8) is 0 Å². The molecule has 0 heterocycles. The Morgan fingerprint density at radius 1 is 0.538 bits per heavy atom. The lowest BCUT2D eigenvalue weighted by Gasteiger charge is -2.12. The maximum atomic E-state index is 13.0. The van der Waals surface area contributed by atoms with Gasteiger partial charge in [-0.3, -0.25) is 9.59 Å². The van der Waals surface area contributed by atoms with Crippen molar-refractivity contribution in [2.75, 3.05) is 13.2 Å². The molecule has 0 aliphatic carbocycles. The van der Waals surface area contributed by atoms with E-state index in [0.717, 1.165) is 36.8 Å². The molecular formula is C38H50N4O8S2. The fraction of sp³-hybridized carbons (Fsp3) is 0.421. The number of aryl methyl sites for hydroxylation is 2. The van der Waals surface area contributed by atoms with Gasteiger partial charge >= 0.3 is 11.9 Å². The summed E-state index contributed by atoms with van der Waals surface area (Å²) in [6.07, 6.45) is 4.84. The molecule has 0 bridgehead atoms. The molecular weight excluding hydrogens is 705 g/mol. The molecule has 282 valence electrons. The average Bonchev–Trinajstić information content (AvgIpc) is 3.12. The smallest absolute Gasteiger partial charge is 0.305 e. The molecule has 0 unspecified atom stereocenters. The topological polar surface area (TPSA) is 170 Å². The third-order valence-electron chi connectivity index (χ3n) is 7.93. The number of esters is 2. The Labute approximate surface area is 308 Å². The number of hydrogen-bond acceptors (Lipinski definition) is 10. The first-order valence-corrected chi connectivity index (χ1v) is 20.5. The number of nitrogens with zero attached hydrogens (tertiary/aromatic N) is 2. The van der Waals surface area contributed by atoms with Crippen LogP contribution in [0.2, 0.25) is 0 Å². The molecule has 2 N–H and O–H groups in total. The van der Waals surface area contributed by atoms with E-state index < -0.39 is 20.0 Å². The standard InChI is InChI=1S/C38H50N4O8S2/c1-5-7-27-49-37(43)13-9-11-35(39-41-51(45,46)33-23-15-29(3)16-24-33)31-19-21-32(22-20-31)36(12-10-14-38(44)50-28-8-6-2)40-42-52(47,48)34-25-17-30(4)18-26-34/h15-26,41-42H,5-14,27-28H2,1-4H3/b39-35+,40-36+. The Morgan fingerprint density at radius 3 is 1.21 bits per heavy atom. The van der Waals surface area contributed by atoms with Crippen molar-refractivity contribution in [2.45, 2.75) is 102 Å². The molecule has 14 heteroatoms. The van der Waals surface area contributed by atoms with Crippen LogP contribution in [0, 0.1) is 13.8 Å². The van der Waals surface area contributed by atoms with E-state index in [4.69, 9.17) is 9.47 Å². The summed E-state index contributed by atoms with van der Waals surface area (Å²) in [7, 11) is -7.96. The van der Waals surface area contributed by atoms with Gasteiger partial charge < -0.3 is 9.47 Å². The summed E-state index contributed by atoms with van der Waals surface area (Å²) in [5, 5.41) is 8.54. The Bertz CT molecular complexity index is 1740. The number of rotatable bonds is 22. The number of unbranched alkanes of at least 4 members (excludes halogenated alkanes) is 2. The first-order valence-electron chi connectivity index (χ1n) is 17.6. The minimum absolute atomic E-state index is 0.0548. The summed E-state index contributed by atoms with van der Waals surface area (Å²) in [4.78, 5) is 29.3. The average molecular weight is 755 g/mol. The van der Waals surface area contributed by atoms with E-state index in [9.17, 15) is 26.4 Å². The second kappa shape index (κ2) is 21.1.